The summed E-state index contributed by atoms with van der Waals surface area (Å²) in [6.07, 6.45) is 2.52. The number of benzene rings is 1. The summed E-state index contributed by atoms with van der Waals surface area (Å²) in [5, 5.41) is 30.9. The van der Waals surface area contributed by atoms with E-state index in [1.54, 1.807) is 11.0 Å². The molecule has 1 aliphatic rings. The van der Waals surface area contributed by atoms with Crippen LogP contribution in [0.3, 0.4) is 0 Å². The molecule has 3 N–H and O–H groups in total. The minimum absolute atomic E-state index is 0.0377. The first kappa shape index (κ1) is 26.4. The van der Waals surface area contributed by atoms with Crippen molar-refractivity contribution in [2.24, 2.45) is 11.3 Å². The number of likely N-dealkylation sites (tertiary alicyclic amines) is 1. The van der Waals surface area contributed by atoms with Gasteiger partial charge < -0.3 is 25.0 Å². The second-order valence-electron chi connectivity index (χ2n) is 9.72. The van der Waals surface area contributed by atoms with E-state index >= 15 is 0 Å². The van der Waals surface area contributed by atoms with Crippen LogP contribution < -0.4 is 5.32 Å². The van der Waals surface area contributed by atoms with E-state index in [0.29, 0.717) is 13.1 Å². The summed E-state index contributed by atoms with van der Waals surface area (Å²) in [7, 11) is -1.58. The van der Waals surface area contributed by atoms with Crippen LogP contribution in [0.2, 0.25) is 6.32 Å². The number of nitriles is 1. The fourth-order valence-corrected chi connectivity index (χ4v) is 3.80. The summed E-state index contributed by atoms with van der Waals surface area (Å²) in [5.74, 6) is -0.331. The maximum absolute atomic E-state index is 12.8. The van der Waals surface area contributed by atoms with Gasteiger partial charge in [0.15, 0.2) is 0 Å². The standard InChI is InChI=1S/C24H34BN3O5/c1-17-7-9-19(10-8-17)21(13-25(31)32)27-23(30)33-16-18-6-5-11-28(15-18)22(29)20(14-26)12-24(2,3)4/h7-10,12,18,21,31-32H,5-6,11,13,15-16H2,1-4H3,(H,27,30)/t18-,21+/m0/s1. The van der Waals surface area contributed by atoms with Crippen LogP contribution >= 0.6 is 0 Å². The molecule has 0 bridgehead atoms. The van der Waals surface area contributed by atoms with Gasteiger partial charge in [-0.05, 0) is 30.7 Å². The number of alkyl carbamates (subject to hydrolysis) is 1. The molecule has 1 aromatic carbocycles. The highest BCUT2D eigenvalue weighted by molar-refractivity contribution is 6.41. The lowest BCUT2D eigenvalue weighted by Gasteiger charge is -2.32. The Labute approximate surface area is 196 Å². The number of ether oxygens (including phenoxy) is 1. The molecule has 178 valence electrons. The highest BCUT2D eigenvalue weighted by Gasteiger charge is 2.28. The molecule has 2 amide bonds. The van der Waals surface area contributed by atoms with Crippen LogP contribution in [-0.2, 0) is 9.53 Å². The van der Waals surface area contributed by atoms with Gasteiger partial charge in [0.1, 0.15) is 11.6 Å². The van der Waals surface area contributed by atoms with Crippen molar-refractivity contribution in [1.29, 1.82) is 5.26 Å². The average molecular weight is 455 g/mol. The summed E-state index contributed by atoms with van der Waals surface area (Å²) < 4.78 is 5.40. The SMILES string of the molecule is Cc1ccc([C@@H](CB(O)O)NC(=O)OC[C@H]2CCCN(C(=O)C(C#N)=CC(C)(C)C)C2)cc1. The number of aryl methyl sites for hydroxylation is 1. The number of nitrogens with zero attached hydrogens (tertiary/aromatic N) is 2. The van der Waals surface area contributed by atoms with Crippen LogP contribution in [-0.4, -0.2) is 53.8 Å². The van der Waals surface area contributed by atoms with E-state index in [1.165, 1.54) is 0 Å². The van der Waals surface area contributed by atoms with Crippen LogP contribution in [0.15, 0.2) is 35.9 Å². The molecule has 1 aliphatic heterocycles. The first-order valence-electron chi connectivity index (χ1n) is 11.3. The van der Waals surface area contributed by atoms with Crippen LogP contribution in [0.25, 0.3) is 0 Å². The number of nitrogens with one attached hydrogen (secondary N) is 1. The Hall–Kier alpha value is -2.83. The number of rotatable bonds is 7. The lowest BCUT2D eigenvalue weighted by molar-refractivity contribution is -0.128. The molecule has 0 saturated carbocycles. The maximum Gasteiger partial charge on any atom is 0.453 e. The Morgan fingerprint density at radius 2 is 2.00 bits per heavy atom. The first-order chi connectivity index (χ1) is 15.5. The molecule has 0 unspecified atom stereocenters. The van der Waals surface area contributed by atoms with Crippen molar-refractivity contribution in [3.8, 4) is 6.07 Å². The lowest BCUT2D eigenvalue weighted by Crippen LogP contribution is -2.42. The Balaban J connectivity index is 1.94. The number of carbonyl (C=O) groups excluding carboxylic acids is 2. The molecule has 1 saturated heterocycles. The normalized spacial score (nSPS) is 17.7. The molecule has 9 heteroatoms. The zero-order chi connectivity index (χ0) is 24.6. The molecule has 1 fully saturated rings. The molecule has 1 aromatic rings. The third-order valence-corrected chi connectivity index (χ3v) is 5.40. The largest absolute Gasteiger partial charge is 0.453 e. The first-order valence-corrected chi connectivity index (χ1v) is 11.3. The topological polar surface area (TPSA) is 123 Å². The zero-order valence-corrected chi connectivity index (χ0v) is 19.9. The van der Waals surface area contributed by atoms with Crippen molar-refractivity contribution >= 4 is 19.1 Å². The zero-order valence-electron chi connectivity index (χ0n) is 19.9. The molecular weight excluding hydrogens is 421 g/mol. The van der Waals surface area contributed by atoms with Gasteiger partial charge in [-0.1, -0.05) is 56.7 Å². The predicted octanol–water partition coefficient (Wildman–Crippen LogP) is 2.97. The van der Waals surface area contributed by atoms with Crippen molar-refractivity contribution in [3.05, 3.63) is 47.0 Å². The maximum atomic E-state index is 12.8. The number of allylic oxidation sites excluding steroid dienone is 1. The van der Waals surface area contributed by atoms with E-state index in [-0.39, 0.29) is 35.7 Å². The smallest absolute Gasteiger partial charge is 0.449 e. The minimum Gasteiger partial charge on any atom is -0.449 e. The summed E-state index contributed by atoms with van der Waals surface area (Å²) >= 11 is 0. The fraction of sp³-hybridized carbons (Fsp3) is 0.542. The quantitative estimate of drug-likeness (QED) is 0.330. The molecule has 0 aromatic heterocycles. The Kier molecular flexibility index (Phi) is 9.50. The summed E-state index contributed by atoms with van der Waals surface area (Å²) in [5.41, 5.74) is 1.64. The Morgan fingerprint density at radius 1 is 1.33 bits per heavy atom. The van der Waals surface area contributed by atoms with E-state index in [4.69, 9.17) is 4.74 Å². The molecule has 0 spiro atoms. The average Bonchev–Trinajstić information content (AvgIpc) is 2.75. The monoisotopic (exact) mass is 455 g/mol. The summed E-state index contributed by atoms with van der Waals surface area (Å²) in [6, 6.07) is 8.82. The summed E-state index contributed by atoms with van der Waals surface area (Å²) in [6.45, 7) is 8.84. The van der Waals surface area contributed by atoms with E-state index in [1.807, 2.05) is 58.0 Å². The van der Waals surface area contributed by atoms with Gasteiger partial charge in [0.25, 0.3) is 5.91 Å². The molecule has 2 rings (SSSR count). The van der Waals surface area contributed by atoms with E-state index in [9.17, 15) is 24.9 Å². The van der Waals surface area contributed by atoms with E-state index in [0.717, 1.165) is 24.0 Å². The van der Waals surface area contributed by atoms with Crippen molar-refractivity contribution in [3.63, 3.8) is 0 Å². The van der Waals surface area contributed by atoms with Crippen LogP contribution in [0, 0.1) is 29.6 Å². The fourth-order valence-electron chi connectivity index (χ4n) is 3.80. The molecular formula is C24H34BN3O5. The van der Waals surface area contributed by atoms with Gasteiger partial charge >= 0.3 is 13.2 Å². The Bertz CT molecular complexity index is 887. The molecule has 8 nitrogen and oxygen atoms in total. The molecule has 0 radical (unpaired) electrons. The van der Waals surface area contributed by atoms with Gasteiger partial charge in [0.05, 0.1) is 12.6 Å². The van der Waals surface area contributed by atoms with Crippen molar-refractivity contribution < 1.29 is 24.4 Å². The van der Waals surface area contributed by atoms with Crippen molar-refractivity contribution in [1.82, 2.24) is 10.2 Å². The molecule has 0 aliphatic carbocycles. The Morgan fingerprint density at radius 3 is 2.58 bits per heavy atom. The third-order valence-electron chi connectivity index (χ3n) is 5.40. The van der Waals surface area contributed by atoms with Gasteiger partial charge in [-0.2, -0.15) is 5.26 Å². The van der Waals surface area contributed by atoms with Gasteiger partial charge in [0.2, 0.25) is 0 Å². The van der Waals surface area contributed by atoms with Crippen LogP contribution in [0.4, 0.5) is 4.79 Å². The number of hydrogen-bond donors (Lipinski definition) is 3. The number of carbonyl (C=O) groups is 2. The van der Waals surface area contributed by atoms with Crippen LogP contribution in [0.5, 0.6) is 0 Å². The van der Waals surface area contributed by atoms with Crippen molar-refractivity contribution in [2.45, 2.75) is 52.9 Å². The van der Waals surface area contributed by atoms with Gasteiger partial charge in [-0.3, -0.25) is 4.79 Å². The number of hydrogen-bond acceptors (Lipinski definition) is 6. The molecule has 1 heterocycles. The van der Waals surface area contributed by atoms with E-state index in [2.05, 4.69) is 5.32 Å². The second kappa shape index (κ2) is 11.9. The van der Waals surface area contributed by atoms with Crippen LogP contribution in [0.1, 0.15) is 50.8 Å². The van der Waals surface area contributed by atoms with E-state index < -0.39 is 19.3 Å². The highest BCUT2D eigenvalue weighted by atomic mass is 16.5. The van der Waals surface area contributed by atoms with Gasteiger partial charge in [-0.25, -0.2) is 4.79 Å². The summed E-state index contributed by atoms with van der Waals surface area (Å²) in [4.78, 5) is 26.8. The molecule has 33 heavy (non-hydrogen) atoms. The molecule has 2 atom stereocenters. The predicted molar refractivity (Wildman–Crippen MR) is 126 cm³/mol. The van der Waals surface area contributed by atoms with Crippen molar-refractivity contribution in [2.75, 3.05) is 19.7 Å². The van der Waals surface area contributed by atoms with Gasteiger partial charge in [0, 0.05) is 25.3 Å². The number of piperidine rings is 1. The minimum atomic E-state index is -1.58. The van der Waals surface area contributed by atoms with Gasteiger partial charge in [-0.15, -0.1) is 0 Å². The highest BCUT2D eigenvalue weighted by Crippen LogP contribution is 2.23. The lowest BCUT2D eigenvalue weighted by atomic mass is 9.79. The third kappa shape index (κ3) is 8.91. The second-order valence-corrected chi connectivity index (χ2v) is 9.72. The number of amides is 2.